The van der Waals surface area contributed by atoms with Crippen LogP contribution in [0, 0.1) is 11.6 Å². The molecule has 180 valence electrons. The Hall–Kier alpha value is -4.47. The Kier molecular flexibility index (Phi) is 6.91. The molecule has 0 aliphatic heterocycles. The second kappa shape index (κ2) is 10.2. The lowest BCUT2D eigenvalue weighted by Crippen LogP contribution is -2.26. The van der Waals surface area contributed by atoms with Crippen LogP contribution in [-0.2, 0) is 6.42 Å². The van der Waals surface area contributed by atoms with Crippen molar-refractivity contribution in [3.8, 4) is 17.0 Å². The molecular weight excluding hydrogens is 454 g/mol. The molecule has 4 aromatic rings. The first-order chi connectivity index (χ1) is 16.8. The highest BCUT2D eigenvalue weighted by atomic mass is 19.1. The van der Waals surface area contributed by atoms with Crippen molar-refractivity contribution in [3.63, 3.8) is 0 Å². The summed E-state index contributed by atoms with van der Waals surface area (Å²) in [5.41, 5.74) is 8.56. The van der Waals surface area contributed by atoms with Crippen LogP contribution in [0.4, 0.5) is 26.0 Å². The Morgan fingerprint density at radius 1 is 1.17 bits per heavy atom. The number of nitrogens with two attached hydrogens (primary N) is 1. The van der Waals surface area contributed by atoms with E-state index in [4.69, 9.17) is 5.73 Å². The SMILES string of the molecule is CN(c1ccc(O)c(-c2ccc(C(=O)NCCCc3c[nH]cn3)c(N)n2)c1)c1ccc(F)cc1F. The number of aromatic nitrogens is 3. The zero-order chi connectivity index (χ0) is 24.9. The van der Waals surface area contributed by atoms with Gasteiger partial charge < -0.3 is 26.0 Å². The van der Waals surface area contributed by atoms with Crippen LogP contribution >= 0.6 is 0 Å². The predicted molar refractivity (Wildman–Crippen MR) is 129 cm³/mol. The van der Waals surface area contributed by atoms with Gasteiger partial charge in [0.25, 0.3) is 5.91 Å². The molecule has 0 radical (unpaired) electrons. The third kappa shape index (κ3) is 5.37. The van der Waals surface area contributed by atoms with Gasteiger partial charge in [-0.25, -0.2) is 18.7 Å². The summed E-state index contributed by atoms with van der Waals surface area (Å²) in [5.74, 6) is -1.80. The Bertz CT molecular complexity index is 1340. The van der Waals surface area contributed by atoms with E-state index in [1.165, 1.54) is 29.2 Å². The number of aromatic amines is 1. The van der Waals surface area contributed by atoms with Crippen LogP contribution in [0.2, 0.25) is 0 Å². The third-order valence-electron chi connectivity index (χ3n) is 5.53. The normalized spacial score (nSPS) is 10.8. The molecule has 0 atom stereocenters. The molecule has 0 unspecified atom stereocenters. The maximum Gasteiger partial charge on any atom is 0.255 e. The number of nitrogens with zero attached hydrogens (tertiary/aromatic N) is 3. The second-order valence-corrected chi connectivity index (χ2v) is 7.91. The second-order valence-electron chi connectivity index (χ2n) is 7.91. The number of aryl methyl sites for hydroxylation is 1. The van der Waals surface area contributed by atoms with E-state index in [1.54, 1.807) is 37.8 Å². The van der Waals surface area contributed by atoms with Gasteiger partial charge in [0.15, 0.2) is 0 Å². The molecule has 35 heavy (non-hydrogen) atoms. The molecule has 5 N–H and O–H groups in total. The Morgan fingerprint density at radius 2 is 2.00 bits per heavy atom. The van der Waals surface area contributed by atoms with Crippen LogP contribution in [0.3, 0.4) is 0 Å². The van der Waals surface area contributed by atoms with Gasteiger partial charge in [-0.1, -0.05) is 0 Å². The first-order valence-electron chi connectivity index (χ1n) is 10.9. The average molecular weight is 479 g/mol. The van der Waals surface area contributed by atoms with Crippen molar-refractivity contribution in [2.24, 2.45) is 0 Å². The number of amides is 1. The summed E-state index contributed by atoms with van der Waals surface area (Å²) in [7, 11) is 1.62. The maximum absolute atomic E-state index is 14.2. The van der Waals surface area contributed by atoms with Crippen LogP contribution in [0.5, 0.6) is 5.75 Å². The molecule has 10 heteroatoms. The molecule has 0 saturated carbocycles. The van der Waals surface area contributed by atoms with Gasteiger partial charge in [-0.2, -0.15) is 0 Å². The number of nitrogens with one attached hydrogen (secondary N) is 2. The zero-order valence-corrected chi connectivity index (χ0v) is 18.9. The minimum atomic E-state index is -0.718. The summed E-state index contributed by atoms with van der Waals surface area (Å²) in [4.78, 5) is 25.4. The number of imidazole rings is 1. The van der Waals surface area contributed by atoms with Crippen LogP contribution < -0.4 is 16.0 Å². The number of phenols is 1. The summed E-state index contributed by atoms with van der Waals surface area (Å²) >= 11 is 0. The van der Waals surface area contributed by atoms with Gasteiger partial charge in [-0.15, -0.1) is 0 Å². The maximum atomic E-state index is 14.2. The van der Waals surface area contributed by atoms with E-state index in [1.807, 2.05) is 0 Å². The van der Waals surface area contributed by atoms with Gasteiger partial charge in [0.05, 0.1) is 29.0 Å². The van der Waals surface area contributed by atoms with Crippen molar-refractivity contribution in [3.05, 3.63) is 83.9 Å². The van der Waals surface area contributed by atoms with Crippen LogP contribution in [-0.4, -0.2) is 39.6 Å². The van der Waals surface area contributed by atoms with Gasteiger partial charge in [-0.3, -0.25) is 4.79 Å². The molecule has 0 saturated heterocycles. The number of halogens is 2. The van der Waals surface area contributed by atoms with Gasteiger partial charge in [0, 0.05) is 37.1 Å². The molecule has 1 amide bonds. The molecule has 0 fully saturated rings. The number of carbonyl (C=O) groups is 1. The van der Waals surface area contributed by atoms with Gasteiger partial charge in [0.1, 0.15) is 23.2 Å². The van der Waals surface area contributed by atoms with Crippen molar-refractivity contribution in [1.82, 2.24) is 20.3 Å². The standard InChI is InChI=1S/C25H24F2N6O2/c1-33(22-8-4-15(26)11-20(22)27)17-5-9-23(34)19(12-17)21-7-6-18(24(28)32-21)25(35)30-10-2-3-16-13-29-14-31-16/h4-9,11-14,34H,2-3,10H2,1H3,(H2,28,32)(H,29,31)(H,30,35). The zero-order valence-electron chi connectivity index (χ0n) is 18.9. The third-order valence-corrected chi connectivity index (χ3v) is 5.53. The van der Waals surface area contributed by atoms with Crippen molar-refractivity contribution in [1.29, 1.82) is 0 Å². The van der Waals surface area contributed by atoms with Crippen LogP contribution in [0.25, 0.3) is 11.3 Å². The fourth-order valence-electron chi connectivity index (χ4n) is 3.64. The molecular formula is C25H24F2N6O2. The minimum Gasteiger partial charge on any atom is -0.507 e. The molecule has 8 nitrogen and oxygen atoms in total. The highest BCUT2D eigenvalue weighted by molar-refractivity contribution is 5.98. The lowest BCUT2D eigenvalue weighted by molar-refractivity contribution is 0.0954. The number of anilines is 3. The number of pyridine rings is 1. The van der Waals surface area contributed by atoms with Gasteiger partial charge in [0.2, 0.25) is 0 Å². The van der Waals surface area contributed by atoms with E-state index in [-0.39, 0.29) is 28.7 Å². The van der Waals surface area contributed by atoms with Crippen LogP contribution in [0.1, 0.15) is 22.5 Å². The van der Waals surface area contributed by atoms with E-state index in [9.17, 15) is 18.7 Å². The molecule has 0 aliphatic carbocycles. The predicted octanol–water partition coefficient (Wildman–Crippen LogP) is 4.17. The molecule has 2 heterocycles. The number of hydrogen-bond acceptors (Lipinski definition) is 6. The van der Waals surface area contributed by atoms with E-state index in [0.29, 0.717) is 29.9 Å². The number of hydrogen-bond donors (Lipinski definition) is 4. The van der Waals surface area contributed by atoms with Gasteiger partial charge in [-0.05, 0) is 55.3 Å². The number of nitrogen functional groups attached to an aromatic ring is 1. The van der Waals surface area contributed by atoms with E-state index in [2.05, 4.69) is 20.3 Å². The lowest BCUT2D eigenvalue weighted by Gasteiger charge is -2.21. The highest BCUT2D eigenvalue weighted by Gasteiger charge is 2.16. The fraction of sp³-hybridized carbons (Fsp3) is 0.160. The number of benzene rings is 2. The van der Waals surface area contributed by atoms with E-state index >= 15 is 0 Å². The first kappa shape index (κ1) is 23.7. The van der Waals surface area contributed by atoms with Crippen molar-refractivity contribution in [2.45, 2.75) is 12.8 Å². The summed E-state index contributed by atoms with van der Waals surface area (Å²) in [6.07, 6.45) is 4.85. The topological polar surface area (TPSA) is 120 Å². The van der Waals surface area contributed by atoms with Crippen molar-refractivity contribution >= 4 is 23.1 Å². The molecule has 2 aromatic carbocycles. The summed E-state index contributed by atoms with van der Waals surface area (Å²) < 4.78 is 27.5. The molecule has 0 aliphatic rings. The molecule has 4 rings (SSSR count). The summed E-state index contributed by atoms with van der Waals surface area (Å²) in [5, 5.41) is 13.2. The highest BCUT2D eigenvalue weighted by Crippen LogP contribution is 2.35. The van der Waals surface area contributed by atoms with Crippen molar-refractivity contribution in [2.75, 3.05) is 24.2 Å². The smallest absolute Gasteiger partial charge is 0.255 e. The summed E-state index contributed by atoms with van der Waals surface area (Å²) in [6, 6.07) is 11.1. The quantitative estimate of drug-likeness (QED) is 0.282. The Morgan fingerprint density at radius 3 is 2.71 bits per heavy atom. The first-order valence-corrected chi connectivity index (χ1v) is 10.9. The van der Waals surface area contributed by atoms with E-state index in [0.717, 1.165) is 18.2 Å². The number of rotatable bonds is 8. The Balaban J connectivity index is 1.49. The largest absolute Gasteiger partial charge is 0.507 e. The minimum absolute atomic E-state index is 0.00929. The van der Waals surface area contributed by atoms with Crippen molar-refractivity contribution < 1.29 is 18.7 Å². The lowest BCUT2D eigenvalue weighted by atomic mass is 10.1. The van der Waals surface area contributed by atoms with E-state index < -0.39 is 11.6 Å². The number of phenolic OH excluding ortho intramolecular Hbond substituents is 1. The molecule has 2 aromatic heterocycles. The van der Waals surface area contributed by atoms with Gasteiger partial charge >= 0.3 is 0 Å². The average Bonchev–Trinajstić information content (AvgIpc) is 3.35. The van der Waals surface area contributed by atoms with Crippen LogP contribution in [0.15, 0.2) is 61.1 Å². The number of carbonyl (C=O) groups excluding carboxylic acids is 1. The fourth-order valence-corrected chi connectivity index (χ4v) is 3.64. The number of H-pyrrole nitrogens is 1. The monoisotopic (exact) mass is 478 g/mol. The molecule has 0 bridgehead atoms. The molecule has 0 spiro atoms. The Labute approximate surface area is 200 Å². The summed E-state index contributed by atoms with van der Waals surface area (Å²) in [6.45, 7) is 0.446. The number of aromatic hydroxyl groups is 1.